The number of rotatable bonds is 7. The molecule has 0 amide bonds. The zero-order valence-electron chi connectivity index (χ0n) is 12.4. The second-order valence-electron chi connectivity index (χ2n) is 6.84. The number of aliphatic hydroxyl groups is 1. The first-order chi connectivity index (χ1) is 9.05. The lowest BCUT2D eigenvalue weighted by atomic mass is 9.92. The number of hydrogen-bond acceptors (Lipinski definition) is 4. The first-order valence-electron chi connectivity index (χ1n) is 7.66. The first kappa shape index (κ1) is 15.2. The summed E-state index contributed by atoms with van der Waals surface area (Å²) in [4.78, 5) is 0. The molecule has 0 aromatic carbocycles. The lowest BCUT2D eigenvalue weighted by Crippen LogP contribution is -2.37. The van der Waals surface area contributed by atoms with Gasteiger partial charge in [-0.3, -0.25) is 0 Å². The Balaban J connectivity index is 1.51. The lowest BCUT2D eigenvalue weighted by molar-refractivity contribution is -0.0169. The molecular formula is C15H29NO3. The molecule has 3 atom stereocenters. The Hall–Kier alpha value is -0.160. The summed E-state index contributed by atoms with van der Waals surface area (Å²) >= 11 is 0. The Morgan fingerprint density at radius 2 is 2.26 bits per heavy atom. The predicted octanol–water partition coefficient (Wildman–Crippen LogP) is 1.71. The standard InChI is InChI=1S/C15H29NO3/c1-15(2)6-5-12(8-15)16-9-13(17)10-18-11-14-4-3-7-19-14/h12-14,16-17H,3-11H2,1-2H3. The van der Waals surface area contributed by atoms with Gasteiger partial charge in [0, 0.05) is 19.2 Å². The van der Waals surface area contributed by atoms with Gasteiger partial charge in [0.2, 0.25) is 0 Å². The topological polar surface area (TPSA) is 50.7 Å². The van der Waals surface area contributed by atoms with E-state index in [1.807, 2.05) is 0 Å². The fourth-order valence-corrected chi connectivity index (χ4v) is 3.08. The van der Waals surface area contributed by atoms with E-state index in [4.69, 9.17) is 9.47 Å². The Morgan fingerprint density at radius 3 is 2.89 bits per heavy atom. The quantitative estimate of drug-likeness (QED) is 0.740. The van der Waals surface area contributed by atoms with Crippen LogP contribution in [0.3, 0.4) is 0 Å². The van der Waals surface area contributed by atoms with Crippen molar-refractivity contribution in [2.45, 2.75) is 64.2 Å². The van der Waals surface area contributed by atoms with Gasteiger partial charge in [0.25, 0.3) is 0 Å². The van der Waals surface area contributed by atoms with Gasteiger partial charge < -0.3 is 19.9 Å². The van der Waals surface area contributed by atoms with E-state index in [9.17, 15) is 5.11 Å². The largest absolute Gasteiger partial charge is 0.389 e. The van der Waals surface area contributed by atoms with E-state index in [1.54, 1.807) is 0 Å². The van der Waals surface area contributed by atoms with E-state index in [0.29, 0.717) is 31.2 Å². The maximum atomic E-state index is 9.89. The molecule has 4 nitrogen and oxygen atoms in total. The molecule has 2 fully saturated rings. The molecule has 4 heteroatoms. The number of aliphatic hydroxyl groups excluding tert-OH is 1. The van der Waals surface area contributed by atoms with Crippen molar-refractivity contribution < 1.29 is 14.6 Å². The second-order valence-corrected chi connectivity index (χ2v) is 6.84. The highest BCUT2D eigenvalue weighted by molar-refractivity contribution is 4.86. The van der Waals surface area contributed by atoms with E-state index < -0.39 is 6.10 Å². The van der Waals surface area contributed by atoms with E-state index in [0.717, 1.165) is 19.4 Å². The zero-order valence-corrected chi connectivity index (χ0v) is 12.4. The molecule has 0 spiro atoms. The summed E-state index contributed by atoms with van der Waals surface area (Å²) in [7, 11) is 0. The fraction of sp³-hybridized carbons (Fsp3) is 1.00. The van der Waals surface area contributed by atoms with Crippen molar-refractivity contribution in [2.75, 3.05) is 26.4 Å². The third-order valence-electron chi connectivity index (χ3n) is 4.25. The van der Waals surface area contributed by atoms with Crippen molar-refractivity contribution in [3.63, 3.8) is 0 Å². The van der Waals surface area contributed by atoms with Gasteiger partial charge in [-0.2, -0.15) is 0 Å². The molecule has 2 N–H and O–H groups in total. The molecule has 2 rings (SSSR count). The van der Waals surface area contributed by atoms with Gasteiger partial charge in [-0.05, 0) is 37.5 Å². The Kier molecular flexibility index (Phi) is 5.63. The van der Waals surface area contributed by atoms with Crippen molar-refractivity contribution in [3.8, 4) is 0 Å². The number of ether oxygens (including phenoxy) is 2. The second kappa shape index (κ2) is 7.02. The predicted molar refractivity (Wildman–Crippen MR) is 75.2 cm³/mol. The van der Waals surface area contributed by atoms with Crippen molar-refractivity contribution in [3.05, 3.63) is 0 Å². The molecule has 0 bridgehead atoms. The molecule has 0 aromatic rings. The van der Waals surface area contributed by atoms with Gasteiger partial charge in [-0.1, -0.05) is 13.8 Å². The Bertz CT molecular complexity index is 264. The van der Waals surface area contributed by atoms with Crippen LogP contribution in [0.1, 0.15) is 46.0 Å². The van der Waals surface area contributed by atoms with Crippen LogP contribution in [0.2, 0.25) is 0 Å². The van der Waals surface area contributed by atoms with Crippen LogP contribution in [0.5, 0.6) is 0 Å². The zero-order chi connectivity index (χ0) is 13.7. The lowest BCUT2D eigenvalue weighted by Gasteiger charge is -2.20. The van der Waals surface area contributed by atoms with Crippen LogP contribution in [-0.2, 0) is 9.47 Å². The summed E-state index contributed by atoms with van der Waals surface area (Å²) in [6.07, 6.45) is 5.76. The van der Waals surface area contributed by atoms with Crippen LogP contribution >= 0.6 is 0 Å². The van der Waals surface area contributed by atoms with Crippen molar-refractivity contribution in [1.82, 2.24) is 5.32 Å². The summed E-state index contributed by atoms with van der Waals surface area (Å²) in [5.74, 6) is 0. The average Bonchev–Trinajstić information content (AvgIpc) is 2.96. The van der Waals surface area contributed by atoms with Crippen molar-refractivity contribution in [1.29, 1.82) is 0 Å². The normalized spacial score (nSPS) is 31.7. The van der Waals surface area contributed by atoms with E-state index in [-0.39, 0.29) is 6.10 Å². The monoisotopic (exact) mass is 271 g/mol. The van der Waals surface area contributed by atoms with E-state index in [2.05, 4.69) is 19.2 Å². The van der Waals surface area contributed by atoms with Crippen LogP contribution in [0.15, 0.2) is 0 Å². The summed E-state index contributed by atoms with van der Waals surface area (Å²) in [5, 5.41) is 13.3. The minimum Gasteiger partial charge on any atom is -0.389 e. The highest BCUT2D eigenvalue weighted by Gasteiger charge is 2.30. The van der Waals surface area contributed by atoms with Crippen LogP contribution in [-0.4, -0.2) is 49.7 Å². The summed E-state index contributed by atoms with van der Waals surface area (Å²) in [6, 6.07) is 0.558. The molecule has 112 valence electrons. The van der Waals surface area contributed by atoms with Crippen LogP contribution in [0.25, 0.3) is 0 Å². The molecule has 1 heterocycles. The molecule has 1 aliphatic heterocycles. The van der Waals surface area contributed by atoms with E-state index in [1.165, 1.54) is 19.3 Å². The Morgan fingerprint density at radius 1 is 1.42 bits per heavy atom. The smallest absolute Gasteiger partial charge is 0.0897 e. The highest BCUT2D eigenvalue weighted by atomic mass is 16.5. The third kappa shape index (κ3) is 5.38. The van der Waals surface area contributed by atoms with Gasteiger partial charge in [-0.25, -0.2) is 0 Å². The molecule has 1 saturated carbocycles. The molecule has 0 radical (unpaired) electrons. The third-order valence-corrected chi connectivity index (χ3v) is 4.25. The molecule has 19 heavy (non-hydrogen) atoms. The molecule has 1 aliphatic carbocycles. The average molecular weight is 271 g/mol. The summed E-state index contributed by atoms with van der Waals surface area (Å²) in [6.45, 7) is 7.14. The molecule has 0 aromatic heterocycles. The molecular weight excluding hydrogens is 242 g/mol. The van der Waals surface area contributed by atoms with Crippen LogP contribution in [0, 0.1) is 5.41 Å². The maximum absolute atomic E-state index is 9.89. The van der Waals surface area contributed by atoms with Gasteiger partial charge in [0.15, 0.2) is 0 Å². The minimum absolute atomic E-state index is 0.246. The number of hydrogen-bond donors (Lipinski definition) is 2. The summed E-state index contributed by atoms with van der Waals surface area (Å²) in [5.41, 5.74) is 0.457. The van der Waals surface area contributed by atoms with E-state index >= 15 is 0 Å². The molecule has 1 saturated heterocycles. The van der Waals surface area contributed by atoms with Crippen LogP contribution in [0.4, 0.5) is 0 Å². The highest BCUT2D eigenvalue weighted by Crippen LogP contribution is 2.36. The van der Waals surface area contributed by atoms with Crippen molar-refractivity contribution in [2.24, 2.45) is 5.41 Å². The van der Waals surface area contributed by atoms with Gasteiger partial charge >= 0.3 is 0 Å². The number of nitrogens with one attached hydrogen (secondary N) is 1. The molecule has 3 unspecified atom stereocenters. The van der Waals surface area contributed by atoms with Crippen LogP contribution < -0.4 is 5.32 Å². The first-order valence-corrected chi connectivity index (χ1v) is 7.66. The summed E-state index contributed by atoms with van der Waals surface area (Å²) < 4.78 is 11.0. The SMILES string of the molecule is CC1(C)CCC(NCC(O)COCC2CCCO2)C1. The van der Waals surface area contributed by atoms with Crippen molar-refractivity contribution >= 4 is 0 Å². The molecule has 2 aliphatic rings. The fourth-order valence-electron chi connectivity index (χ4n) is 3.08. The van der Waals surface area contributed by atoms with Gasteiger partial charge in [-0.15, -0.1) is 0 Å². The van der Waals surface area contributed by atoms with Gasteiger partial charge in [0.1, 0.15) is 0 Å². The minimum atomic E-state index is -0.412. The van der Waals surface area contributed by atoms with Gasteiger partial charge in [0.05, 0.1) is 25.4 Å². The maximum Gasteiger partial charge on any atom is 0.0897 e. The Labute approximate surface area is 116 Å².